The summed E-state index contributed by atoms with van der Waals surface area (Å²) in [5.74, 6) is -0.213. The molecule has 1 saturated heterocycles. The van der Waals surface area contributed by atoms with Crippen LogP contribution in [0.4, 0.5) is 0 Å². The van der Waals surface area contributed by atoms with E-state index in [1.165, 1.54) is 5.57 Å². The van der Waals surface area contributed by atoms with Crippen LogP contribution >= 0.6 is 0 Å². The number of hydrogen-bond acceptors (Lipinski definition) is 8. The second kappa shape index (κ2) is 8.84. The first-order chi connectivity index (χ1) is 18.8. The Bertz CT molecular complexity index is 1170. The lowest BCUT2D eigenvalue weighted by Crippen LogP contribution is -2.72. The van der Waals surface area contributed by atoms with Crippen LogP contribution in [0.2, 0.25) is 0 Å². The highest BCUT2D eigenvalue weighted by atomic mass is 16.6. The third-order valence-electron chi connectivity index (χ3n) is 11.8. The molecule has 1 heterocycles. The summed E-state index contributed by atoms with van der Waals surface area (Å²) in [7, 11) is 9.34. The highest BCUT2D eigenvalue weighted by Gasteiger charge is 2.84. The molecule has 5 aliphatic carbocycles. The van der Waals surface area contributed by atoms with Gasteiger partial charge in [0.15, 0.2) is 0 Å². The Balaban J connectivity index is 1.42. The topological polar surface area (TPSA) is 86.7 Å². The molecular formula is C31H41NO7. The van der Waals surface area contributed by atoms with Gasteiger partial charge in [-0.2, -0.15) is 0 Å². The molecule has 8 heteroatoms. The third kappa shape index (κ3) is 3.03. The molecule has 1 aromatic rings. The first-order valence-electron chi connectivity index (χ1n) is 14.3. The summed E-state index contributed by atoms with van der Waals surface area (Å²) in [5, 5.41) is 12.4. The zero-order valence-corrected chi connectivity index (χ0v) is 23.5. The van der Waals surface area contributed by atoms with Gasteiger partial charge in [-0.25, -0.2) is 4.79 Å². The van der Waals surface area contributed by atoms with Crippen LogP contribution in [0.5, 0.6) is 0 Å². The molecule has 8 nitrogen and oxygen atoms in total. The summed E-state index contributed by atoms with van der Waals surface area (Å²) >= 11 is 0. The van der Waals surface area contributed by atoms with Crippen LogP contribution in [-0.2, 0) is 23.7 Å². The minimum atomic E-state index is -1.33. The van der Waals surface area contributed by atoms with Crippen molar-refractivity contribution >= 4 is 5.97 Å². The van der Waals surface area contributed by atoms with Gasteiger partial charge in [0.2, 0.25) is 0 Å². The van der Waals surface area contributed by atoms with Crippen molar-refractivity contribution in [3.63, 3.8) is 0 Å². The Kier molecular flexibility index (Phi) is 5.92. The molecule has 1 spiro atoms. The van der Waals surface area contributed by atoms with Crippen LogP contribution in [0.3, 0.4) is 0 Å². The fourth-order valence-corrected chi connectivity index (χ4v) is 11.1. The number of nitrogens with zero attached hydrogens (tertiary/aromatic N) is 1. The zero-order valence-electron chi connectivity index (χ0n) is 23.5. The van der Waals surface area contributed by atoms with Crippen LogP contribution < -0.4 is 0 Å². The number of likely N-dealkylation sites (tertiary alicyclic amines) is 1. The maximum atomic E-state index is 13.4. The van der Waals surface area contributed by atoms with Crippen LogP contribution in [0.25, 0.3) is 0 Å². The number of esters is 1. The first kappa shape index (κ1) is 26.1. The number of carbonyl (C=O) groups is 1. The molecule has 1 aliphatic heterocycles. The number of methoxy groups -OCH3 is 4. The molecule has 0 amide bonds. The summed E-state index contributed by atoms with van der Waals surface area (Å²) in [6, 6.07) is 9.25. The normalized spacial score (nSPS) is 49.1. The molecule has 1 N–H and O–H groups in total. The van der Waals surface area contributed by atoms with Crippen molar-refractivity contribution in [2.24, 2.45) is 34.5 Å². The van der Waals surface area contributed by atoms with E-state index >= 15 is 0 Å². The molecule has 6 aliphatic rings. The Morgan fingerprint density at radius 3 is 2.51 bits per heavy atom. The van der Waals surface area contributed by atoms with Crippen LogP contribution in [0.1, 0.15) is 29.6 Å². The summed E-state index contributed by atoms with van der Waals surface area (Å²) in [6.45, 7) is 1.60. The minimum Gasteiger partial charge on any atom is -0.455 e. The third-order valence-corrected chi connectivity index (χ3v) is 11.8. The largest absolute Gasteiger partial charge is 0.455 e. The van der Waals surface area contributed by atoms with Gasteiger partial charge in [0, 0.05) is 69.6 Å². The summed E-state index contributed by atoms with van der Waals surface area (Å²) < 4.78 is 31.1. The summed E-state index contributed by atoms with van der Waals surface area (Å²) in [5.41, 5.74) is 0.00849. The molecule has 7 bridgehead atoms. The zero-order chi connectivity index (χ0) is 27.3. The quantitative estimate of drug-likeness (QED) is 0.418. The minimum absolute atomic E-state index is 0.00357. The van der Waals surface area contributed by atoms with Crippen molar-refractivity contribution < 1.29 is 33.6 Å². The van der Waals surface area contributed by atoms with Gasteiger partial charge in [-0.3, -0.25) is 0 Å². The molecule has 4 saturated carbocycles. The molecule has 212 valence electrons. The van der Waals surface area contributed by atoms with E-state index in [0.29, 0.717) is 18.6 Å². The molecule has 39 heavy (non-hydrogen) atoms. The van der Waals surface area contributed by atoms with Crippen molar-refractivity contribution in [3.05, 3.63) is 47.5 Å². The van der Waals surface area contributed by atoms with Gasteiger partial charge in [-0.05, 0) is 44.4 Å². The Hall–Kier alpha value is -1.81. The van der Waals surface area contributed by atoms with E-state index in [-0.39, 0.29) is 52.8 Å². The highest BCUT2D eigenvalue weighted by Crippen LogP contribution is 2.78. The second-order valence-electron chi connectivity index (χ2n) is 13.0. The predicted octanol–water partition coefficient (Wildman–Crippen LogP) is 2.55. The molecular weight excluding hydrogens is 498 g/mol. The van der Waals surface area contributed by atoms with Gasteiger partial charge < -0.3 is 33.7 Å². The fraction of sp³-hybridized carbons (Fsp3) is 0.710. The summed E-state index contributed by atoms with van der Waals surface area (Å²) in [4.78, 5) is 16.0. The van der Waals surface area contributed by atoms with Crippen molar-refractivity contribution in [3.8, 4) is 0 Å². The van der Waals surface area contributed by atoms with Crippen LogP contribution in [-0.4, -0.2) is 101 Å². The predicted molar refractivity (Wildman–Crippen MR) is 142 cm³/mol. The molecule has 1 aromatic carbocycles. The monoisotopic (exact) mass is 539 g/mol. The van der Waals surface area contributed by atoms with Crippen molar-refractivity contribution in [2.75, 3.05) is 48.6 Å². The van der Waals surface area contributed by atoms with E-state index in [4.69, 9.17) is 23.7 Å². The van der Waals surface area contributed by atoms with Crippen molar-refractivity contribution in [2.45, 2.75) is 55.3 Å². The Labute approximate surface area is 230 Å². The first-order valence-corrected chi connectivity index (χ1v) is 14.3. The van der Waals surface area contributed by atoms with E-state index in [1.807, 2.05) is 32.4 Å². The highest BCUT2D eigenvalue weighted by molar-refractivity contribution is 5.89. The molecule has 0 radical (unpaired) electrons. The molecule has 12 atom stereocenters. The maximum Gasteiger partial charge on any atom is 0.338 e. The number of piperidine rings is 1. The number of benzene rings is 1. The van der Waals surface area contributed by atoms with Crippen LogP contribution in [0.15, 0.2) is 42.0 Å². The number of aliphatic hydroxyl groups is 1. The van der Waals surface area contributed by atoms with Crippen LogP contribution in [0, 0.1) is 34.5 Å². The Morgan fingerprint density at radius 1 is 1.08 bits per heavy atom. The van der Waals surface area contributed by atoms with Gasteiger partial charge in [0.05, 0.1) is 24.4 Å². The van der Waals surface area contributed by atoms with E-state index in [1.54, 1.807) is 26.4 Å². The van der Waals surface area contributed by atoms with E-state index in [0.717, 1.165) is 19.4 Å². The number of fused-ring (bicyclic) bond motifs is 2. The maximum absolute atomic E-state index is 13.4. The second-order valence-corrected chi connectivity index (χ2v) is 13.0. The van der Waals surface area contributed by atoms with E-state index < -0.39 is 23.8 Å². The number of rotatable bonds is 7. The molecule has 5 fully saturated rings. The number of carbonyl (C=O) groups excluding carboxylic acids is 1. The fourth-order valence-electron chi connectivity index (χ4n) is 11.1. The Morgan fingerprint density at radius 2 is 1.85 bits per heavy atom. The average Bonchev–Trinajstić information content (AvgIpc) is 3.29. The van der Waals surface area contributed by atoms with Crippen molar-refractivity contribution in [1.29, 1.82) is 0 Å². The van der Waals surface area contributed by atoms with Gasteiger partial charge >= 0.3 is 5.97 Å². The van der Waals surface area contributed by atoms with Gasteiger partial charge in [0.1, 0.15) is 17.8 Å². The molecule has 0 aromatic heterocycles. The lowest BCUT2D eigenvalue weighted by molar-refractivity contribution is -0.239. The van der Waals surface area contributed by atoms with Gasteiger partial charge in [0.25, 0.3) is 0 Å². The average molecular weight is 540 g/mol. The smallest absolute Gasteiger partial charge is 0.338 e. The molecule has 7 rings (SSSR count). The SMILES string of the molecule is COC[C@@]12CCC(OC)[C@@]34[C@@H]5C[C@]6(O)C(OC)C=C([C@H]5C6OC(=O)c5ccccc5)[C@@H](C(OC)[C@H]13)[C@H]4N(C)C2. The standard InChI is InChI=1S/C31H41NO7/c1-32-15-29(16-35-2)12-11-20(36-3)31-19-14-30(34)21(37-4)13-18(23(26(31)32)24(38-5)25(29)31)22(19)27(30)39-28(33)17-9-7-6-8-10-17/h6-10,13,19-27,34H,11-12,14-16H2,1-5H3/t19-,20?,21?,22-,23+,24?,25-,26-,27?,29+,30+,31+/m1/s1. The van der Waals surface area contributed by atoms with E-state index in [2.05, 4.69) is 18.0 Å². The molecule has 4 unspecified atom stereocenters. The van der Waals surface area contributed by atoms with Gasteiger partial charge in [-0.1, -0.05) is 29.8 Å². The number of ether oxygens (including phenoxy) is 5. The van der Waals surface area contributed by atoms with Gasteiger partial charge in [-0.15, -0.1) is 0 Å². The van der Waals surface area contributed by atoms with E-state index in [9.17, 15) is 9.90 Å². The summed E-state index contributed by atoms with van der Waals surface area (Å²) in [6.07, 6.45) is 3.26. The lowest BCUT2D eigenvalue weighted by Gasteiger charge is -2.67. The lowest BCUT2D eigenvalue weighted by atomic mass is 9.44. The van der Waals surface area contributed by atoms with Crippen molar-refractivity contribution in [1.82, 2.24) is 4.90 Å². The number of hydrogen-bond donors (Lipinski definition) is 1.